The summed E-state index contributed by atoms with van der Waals surface area (Å²) in [7, 11) is -3.26. The molecule has 7 heteroatoms. The van der Waals surface area contributed by atoms with Crippen molar-refractivity contribution in [3.63, 3.8) is 0 Å². The van der Waals surface area contributed by atoms with Gasteiger partial charge in [-0.25, -0.2) is 4.73 Å². The van der Waals surface area contributed by atoms with E-state index in [2.05, 4.69) is 4.73 Å². The Labute approximate surface area is 127 Å². The van der Waals surface area contributed by atoms with E-state index >= 15 is 0 Å². The van der Waals surface area contributed by atoms with Crippen LogP contribution in [0.25, 0.3) is 0 Å². The van der Waals surface area contributed by atoms with Crippen LogP contribution in [0.5, 0.6) is 0 Å². The molecule has 0 aliphatic carbocycles. The van der Waals surface area contributed by atoms with E-state index in [9.17, 15) is 4.53 Å². The van der Waals surface area contributed by atoms with Gasteiger partial charge in [0.1, 0.15) is 0 Å². The van der Waals surface area contributed by atoms with Gasteiger partial charge in [-0.1, -0.05) is 0 Å². The minimum absolute atomic E-state index is 0. The van der Waals surface area contributed by atoms with Crippen molar-refractivity contribution >= 4 is 8.60 Å². The molecule has 0 aromatic carbocycles. The molecule has 7 heavy (non-hydrogen) atoms. The third kappa shape index (κ3) is 17.7. The zero-order valence-electron chi connectivity index (χ0n) is 4.05. The van der Waals surface area contributed by atoms with Crippen molar-refractivity contribution in [3.8, 4) is 0 Å². The molecule has 0 bridgehead atoms. The van der Waals surface area contributed by atoms with Gasteiger partial charge < -0.3 is 9.79 Å². The van der Waals surface area contributed by atoms with Gasteiger partial charge in [-0.05, 0) is 4.53 Å². The molecular weight excluding hydrogens is 176 g/mol. The van der Waals surface area contributed by atoms with E-state index in [0.717, 1.165) is 0 Å². The second-order valence-electron chi connectivity index (χ2n) is 0.293. The Morgan fingerprint density at radius 3 is 1.43 bits per heavy atom. The number of halogens is 1. The molecule has 0 aliphatic rings. The molecule has 0 fully saturated rings. The number of hydrogen-bond donors (Lipinski definition) is 0. The van der Waals surface area contributed by atoms with E-state index in [1.165, 1.54) is 0 Å². The summed E-state index contributed by atoms with van der Waals surface area (Å²) in [5, 5.41) is 0. The topological polar surface area (TPSA) is 55.3 Å². The van der Waals surface area contributed by atoms with Gasteiger partial charge >= 0.3 is 103 Å². The van der Waals surface area contributed by atoms with Crippen LogP contribution < -0.4 is 113 Å². The van der Waals surface area contributed by atoms with Gasteiger partial charge in [0, 0.05) is 0 Å². The van der Waals surface area contributed by atoms with E-state index in [1.54, 1.807) is 0 Å². The summed E-state index contributed by atoms with van der Waals surface area (Å²) in [6.07, 6.45) is 0. The smallest absolute Gasteiger partial charge is 0.818 e. The standard InChI is InChI=1S/FO3P.2K/c1-4-5(2)3;;/q-2;2*+1. The average molecular weight is 176 g/mol. The fourth-order valence-corrected chi connectivity index (χ4v) is 0. The van der Waals surface area contributed by atoms with Crippen LogP contribution in [0.3, 0.4) is 0 Å². The normalized spacial score (nSPS) is 6.86. The molecule has 0 aromatic rings. The molecule has 0 N–H and O–H groups in total. The van der Waals surface area contributed by atoms with Crippen molar-refractivity contribution < 1.29 is 122 Å². The Kier molecular flexibility index (Phi) is 29.4. The van der Waals surface area contributed by atoms with Crippen molar-refractivity contribution in [1.82, 2.24) is 0 Å². The molecule has 0 saturated heterocycles. The maximum Gasteiger partial charge on any atom is 1.00 e. The molecule has 3 nitrogen and oxygen atoms in total. The number of hydrogen-bond acceptors (Lipinski definition) is 3. The second-order valence-corrected chi connectivity index (χ2v) is 0.878. The van der Waals surface area contributed by atoms with E-state index in [4.69, 9.17) is 9.79 Å². The summed E-state index contributed by atoms with van der Waals surface area (Å²) in [6, 6.07) is 0. The van der Waals surface area contributed by atoms with Gasteiger partial charge in [0.05, 0.1) is 0 Å². The zero-order valence-corrected chi connectivity index (χ0v) is 11.2. The van der Waals surface area contributed by atoms with Crippen molar-refractivity contribution in [2.75, 3.05) is 0 Å². The van der Waals surface area contributed by atoms with Gasteiger partial charge in [0.25, 0.3) is 0 Å². The molecule has 0 atom stereocenters. The minimum atomic E-state index is -3.26. The maximum absolute atomic E-state index is 10.0. The van der Waals surface area contributed by atoms with Gasteiger partial charge in [-0.3, -0.25) is 0 Å². The Bertz CT molecular complexity index is 26.9. The Morgan fingerprint density at radius 2 is 1.43 bits per heavy atom. The quantitative estimate of drug-likeness (QED) is 0.295. The monoisotopic (exact) mass is 176 g/mol. The first-order valence-corrected chi connectivity index (χ1v) is 1.80. The SMILES string of the molecule is [K+].[K+].[O-]P([O-])OF. The first kappa shape index (κ1) is 16.9. The first-order chi connectivity index (χ1) is 2.27. The third-order valence-corrected chi connectivity index (χ3v) is 0.169. The van der Waals surface area contributed by atoms with Crippen LogP contribution >= 0.6 is 8.60 Å². The van der Waals surface area contributed by atoms with Crippen molar-refractivity contribution in [1.29, 1.82) is 0 Å². The summed E-state index contributed by atoms with van der Waals surface area (Å²) >= 11 is 0. The molecule has 0 saturated carbocycles. The molecule has 0 rings (SSSR count). The fraction of sp³-hybridized carbons (Fsp3) is 0. The van der Waals surface area contributed by atoms with Crippen LogP contribution in [-0.4, -0.2) is 0 Å². The van der Waals surface area contributed by atoms with Crippen LogP contribution in [0.1, 0.15) is 0 Å². The molecule has 0 spiro atoms. The van der Waals surface area contributed by atoms with Gasteiger partial charge in [0.15, 0.2) is 0 Å². The Hall–Kier alpha value is 3.51. The second kappa shape index (κ2) is 12.2. The average Bonchev–Trinajstić information content (AvgIpc) is 1.38. The largest absolute Gasteiger partial charge is 1.00 e. The summed E-state index contributed by atoms with van der Waals surface area (Å²) in [5.74, 6) is 0. The molecule has 0 amide bonds. The van der Waals surface area contributed by atoms with E-state index < -0.39 is 8.60 Å². The molecule has 0 aliphatic heterocycles. The summed E-state index contributed by atoms with van der Waals surface area (Å²) in [4.78, 5) is 17.6. The molecular formula is FK2O3P. The molecule has 0 radical (unpaired) electrons. The van der Waals surface area contributed by atoms with Crippen molar-refractivity contribution in [2.45, 2.75) is 0 Å². The first-order valence-electron chi connectivity index (χ1n) is 0.702. The van der Waals surface area contributed by atoms with Gasteiger partial charge in [-0.15, -0.1) is 8.60 Å². The Morgan fingerprint density at radius 1 is 1.29 bits per heavy atom. The van der Waals surface area contributed by atoms with Crippen LogP contribution in [-0.2, 0) is 4.73 Å². The van der Waals surface area contributed by atoms with Crippen LogP contribution in [0.15, 0.2) is 0 Å². The van der Waals surface area contributed by atoms with E-state index in [1.807, 2.05) is 0 Å². The van der Waals surface area contributed by atoms with Crippen molar-refractivity contribution in [2.24, 2.45) is 0 Å². The van der Waals surface area contributed by atoms with E-state index in [0.29, 0.717) is 0 Å². The zero-order chi connectivity index (χ0) is 4.28. The molecule has 0 unspecified atom stereocenters. The van der Waals surface area contributed by atoms with Crippen LogP contribution in [0.4, 0.5) is 4.53 Å². The van der Waals surface area contributed by atoms with Crippen LogP contribution in [0, 0.1) is 0 Å². The number of rotatable bonds is 1. The predicted molar refractivity (Wildman–Crippen MR) is 9.11 cm³/mol. The maximum atomic E-state index is 10.0. The van der Waals surface area contributed by atoms with Gasteiger partial charge in [-0.2, -0.15) is 0 Å². The van der Waals surface area contributed by atoms with Crippen molar-refractivity contribution in [3.05, 3.63) is 0 Å². The Balaban J connectivity index is -0.0000000800. The van der Waals surface area contributed by atoms with E-state index in [-0.39, 0.29) is 103 Å². The summed E-state index contributed by atoms with van der Waals surface area (Å²) in [6.45, 7) is 0. The minimum Gasteiger partial charge on any atom is -0.818 e. The van der Waals surface area contributed by atoms with Crippen LogP contribution in [0.2, 0.25) is 0 Å². The molecule has 0 heterocycles. The summed E-state index contributed by atoms with van der Waals surface area (Å²) in [5.41, 5.74) is 0. The summed E-state index contributed by atoms with van der Waals surface area (Å²) < 4.78 is 12.2. The third-order valence-electron chi connectivity index (χ3n) is 0.0563. The fourth-order valence-electron chi connectivity index (χ4n) is 0. The predicted octanol–water partition coefficient (Wildman–Crippen LogP) is -7.16. The molecule has 0 aromatic heterocycles. The van der Waals surface area contributed by atoms with Gasteiger partial charge in [0.2, 0.25) is 0 Å². The molecule has 32 valence electrons.